The molecule has 0 aliphatic carbocycles. The fourth-order valence-electron chi connectivity index (χ4n) is 2.05. The largest absolute Gasteiger partial charge is 0.493 e. The Bertz CT molecular complexity index is 802. The minimum atomic E-state index is 0.427. The van der Waals surface area contributed by atoms with Crippen molar-refractivity contribution in [2.45, 2.75) is 0 Å². The molecule has 112 valence electrons. The van der Waals surface area contributed by atoms with Gasteiger partial charge in [0.1, 0.15) is 0 Å². The van der Waals surface area contributed by atoms with E-state index in [1.807, 2.05) is 30.3 Å². The van der Waals surface area contributed by atoms with Crippen molar-refractivity contribution in [1.29, 1.82) is 0 Å². The van der Waals surface area contributed by atoms with Gasteiger partial charge in [0, 0.05) is 15.6 Å². The van der Waals surface area contributed by atoms with Crippen LogP contribution in [0.2, 0.25) is 0 Å². The second kappa shape index (κ2) is 6.19. The molecule has 0 saturated heterocycles. The molecular formula is C16H13BrN2O3. The van der Waals surface area contributed by atoms with E-state index in [4.69, 9.17) is 14.0 Å². The molecular weight excluding hydrogens is 348 g/mol. The monoisotopic (exact) mass is 360 g/mol. The van der Waals surface area contributed by atoms with E-state index in [1.165, 1.54) is 0 Å². The molecule has 5 nitrogen and oxygen atoms in total. The number of aromatic nitrogens is 2. The predicted octanol–water partition coefficient (Wildman–Crippen LogP) is 4.18. The highest BCUT2D eigenvalue weighted by Crippen LogP contribution is 2.32. The lowest BCUT2D eigenvalue weighted by Gasteiger charge is -2.07. The van der Waals surface area contributed by atoms with Gasteiger partial charge in [-0.25, -0.2) is 0 Å². The molecule has 22 heavy (non-hydrogen) atoms. The van der Waals surface area contributed by atoms with Crippen molar-refractivity contribution in [1.82, 2.24) is 10.1 Å². The van der Waals surface area contributed by atoms with Crippen LogP contribution in [-0.2, 0) is 0 Å². The first-order chi connectivity index (χ1) is 10.7. The molecule has 0 N–H and O–H groups in total. The fourth-order valence-corrected chi connectivity index (χ4v) is 2.45. The van der Waals surface area contributed by atoms with E-state index in [-0.39, 0.29) is 0 Å². The first-order valence-electron chi connectivity index (χ1n) is 6.53. The maximum atomic E-state index is 5.35. The van der Waals surface area contributed by atoms with Crippen molar-refractivity contribution < 1.29 is 14.0 Å². The topological polar surface area (TPSA) is 57.4 Å². The van der Waals surface area contributed by atoms with Crippen molar-refractivity contribution in [2.24, 2.45) is 0 Å². The van der Waals surface area contributed by atoms with E-state index < -0.39 is 0 Å². The molecule has 1 aromatic heterocycles. The van der Waals surface area contributed by atoms with Gasteiger partial charge in [0.25, 0.3) is 5.89 Å². The summed E-state index contributed by atoms with van der Waals surface area (Å²) in [5, 5.41) is 4.02. The second-order valence-electron chi connectivity index (χ2n) is 4.50. The zero-order valence-electron chi connectivity index (χ0n) is 12.0. The lowest BCUT2D eigenvalue weighted by atomic mass is 10.2. The van der Waals surface area contributed by atoms with Crippen LogP contribution in [0.15, 0.2) is 51.5 Å². The van der Waals surface area contributed by atoms with Crippen LogP contribution in [0.25, 0.3) is 22.8 Å². The van der Waals surface area contributed by atoms with Crippen LogP contribution < -0.4 is 9.47 Å². The summed E-state index contributed by atoms with van der Waals surface area (Å²) in [6, 6.07) is 13.2. The number of rotatable bonds is 4. The Morgan fingerprint density at radius 3 is 2.50 bits per heavy atom. The summed E-state index contributed by atoms with van der Waals surface area (Å²) in [6.45, 7) is 0. The van der Waals surface area contributed by atoms with E-state index in [9.17, 15) is 0 Å². The summed E-state index contributed by atoms with van der Waals surface area (Å²) in [5.74, 6) is 2.22. The summed E-state index contributed by atoms with van der Waals surface area (Å²) in [4.78, 5) is 4.43. The summed E-state index contributed by atoms with van der Waals surface area (Å²) in [5.41, 5.74) is 1.65. The van der Waals surface area contributed by atoms with Crippen LogP contribution in [0.3, 0.4) is 0 Å². The Kier molecular flexibility index (Phi) is 4.11. The van der Waals surface area contributed by atoms with Gasteiger partial charge in [0.15, 0.2) is 11.5 Å². The average Bonchev–Trinajstić information content (AvgIpc) is 3.04. The first kappa shape index (κ1) is 14.6. The number of hydrogen-bond acceptors (Lipinski definition) is 5. The molecule has 0 fully saturated rings. The molecule has 0 radical (unpaired) electrons. The molecule has 0 spiro atoms. The summed E-state index contributed by atoms with van der Waals surface area (Å²) < 4.78 is 16.8. The molecule has 6 heteroatoms. The number of ether oxygens (including phenoxy) is 2. The first-order valence-corrected chi connectivity index (χ1v) is 7.32. The Hall–Kier alpha value is -2.34. The highest BCUT2D eigenvalue weighted by molar-refractivity contribution is 9.10. The number of hydrogen-bond donors (Lipinski definition) is 0. The number of benzene rings is 2. The molecule has 0 aliphatic heterocycles. The van der Waals surface area contributed by atoms with Crippen molar-refractivity contribution in [3.05, 3.63) is 46.9 Å². The minimum absolute atomic E-state index is 0.427. The van der Waals surface area contributed by atoms with Crippen LogP contribution in [0.4, 0.5) is 0 Å². The van der Waals surface area contributed by atoms with Crippen LogP contribution in [-0.4, -0.2) is 24.4 Å². The molecule has 3 aromatic rings. The van der Waals surface area contributed by atoms with Gasteiger partial charge in [0.2, 0.25) is 5.82 Å². The van der Waals surface area contributed by atoms with Crippen molar-refractivity contribution in [2.75, 3.05) is 14.2 Å². The van der Waals surface area contributed by atoms with Gasteiger partial charge in [-0.2, -0.15) is 4.98 Å². The third kappa shape index (κ3) is 2.82. The van der Waals surface area contributed by atoms with E-state index in [2.05, 4.69) is 26.1 Å². The van der Waals surface area contributed by atoms with E-state index >= 15 is 0 Å². The maximum Gasteiger partial charge on any atom is 0.258 e. The van der Waals surface area contributed by atoms with Crippen molar-refractivity contribution >= 4 is 15.9 Å². The quantitative estimate of drug-likeness (QED) is 0.698. The molecule has 0 amide bonds. The van der Waals surface area contributed by atoms with Crippen LogP contribution in [0.5, 0.6) is 11.5 Å². The third-order valence-corrected chi connectivity index (χ3v) is 3.63. The summed E-state index contributed by atoms with van der Waals surface area (Å²) in [7, 11) is 3.18. The second-order valence-corrected chi connectivity index (χ2v) is 5.42. The zero-order chi connectivity index (χ0) is 15.5. The lowest BCUT2D eigenvalue weighted by molar-refractivity contribution is 0.355. The Balaban J connectivity index is 1.97. The zero-order valence-corrected chi connectivity index (χ0v) is 13.6. The lowest BCUT2D eigenvalue weighted by Crippen LogP contribution is -1.90. The van der Waals surface area contributed by atoms with Gasteiger partial charge in [-0.3, -0.25) is 0 Å². The van der Waals surface area contributed by atoms with Crippen LogP contribution in [0, 0.1) is 0 Å². The van der Waals surface area contributed by atoms with Gasteiger partial charge < -0.3 is 14.0 Å². The number of methoxy groups -OCH3 is 2. The van der Waals surface area contributed by atoms with Crippen LogP contribution >= 0.6 is 15.9 Å². The maximum absolute atomic E-state index is 5.35. The highest BCUT2D eigenvalue weighted by Gasteiger charge is 2.13. The van der Waals surface area contributed by atoms with E-state index in [1.54, 1.807) is 26.4 Å². The molecule has 0 atom stereocenters. The average molecular weight is 361 g/mol. The molecule has 0 saturated carbocycles. The Morgan fingerprint density at radius 2 is 1.77 bits per heavy atom. The number of halogens is 1. The molecule has 1 heterocycles. The minimum Gasteiger partial charge on any atom is -0.493 e. The molecule has 0 bridgehead atoms. The predicted molar refractivity (Wildman–Crippen MR) is 86.0 cm³/mol. The molecule has 0 aliphatic rings. The van der Waals surface area contributed by atoms with Gasteiger partial charge in [-0.1, -0.05) is 33.2 Å². The van der Waals surface area contributed by atoms with E-state index in [0.29, 0.717) is 23.2 Å². The number of nitrogens with zero attached hydrogens (tertiary/aromatic N) is 2. The third-order valence-electron chi connectivity index (χ3n) is 3.14. The van der Waals surface area contributed by atoms with E-state index in [0.717, 1.165) is 15.6 Å². The standard InChI is InChI=1S/C16H13BrN2O3/c1-20-13-7-6-11(9-14(13)21-2)16-18-15(19-22-16)10-4-3-5-12(17)8-10/h3-9H,1-2H3. The van der Waals surface area contributed by atoms with Gasteiger partial charge in [-0.15, -0.1) is 0 Å². The van der Waals surface area contributed by atoms with Gasteiger partial charge in [0.05, 0.1) is 14.2 Å². The SMILES string of the molecule is COc1ccc(-c2nc(-c3cccc(Br)c3)no2)cc1OC. The summed E-state index contributed by atoms with van der Waals surface area (Å²) in [6.07, 6.45) is 0. The smallest absolute Gasteiger partial charge is 0.258 e. The highest BCUT2D eigenvalue weighted by atomic mass is 79.9. The Labute approximate surface area is 136 Å². The van der Waals surface area contributed by atoms with Gasteiger partial charge >= 0.3 is 0 Å². The summed E-state index contributed by atoms with van der Waals surface area (Å²) >= 11 is 3.43. The van der Waals surface area contributed by atoms with Crippen LogP contribution in [0.1, 0.15) is 0 Å². The normalized spacial score (nSPS) is 10.5. The molecule has 2 aromatic carbocycles. The molecule has 0 unspecified atom stereocenters. The van der Waals surface area contributed by atoms with Crippen molar-refractivity contribution in [3.8, 4) is 34.3 Å². The molecule has 3 rings (SSSR count). The Morgan fingerprint density at radius 1 is 0.955 bits per heavy atom. The van der Waals surface area contributed by atoms with Gasteiger partial charge in [-0.05, 0) is 30.3 Å². The fraction of sp³-hybridized carbons (Fsp3) is 0.125. The van der Waals surface area contributed by atoms with Crippen molar-refractivity contribution in [3.63, 3.8) is 0 Å².